The number of alkyl halides is 3. The van der Waals surface area contributed by atoms with Crippen molar-refractivity contribution in [3.8, 4) is 5.75 Å². The molecule has 1 N–H and O–H groups in total. The third kappa shape index (κ3) is 4.36. The summed E-state index contributed by atoms with van der Waals surface area (Å²) in [7, 11) is 1.50. The van der Waals surface area contributed by atoms with E-state index < -0.39 is 23.8 Å². The number of nitrogens with zero attached hydrogens (tertiary/aromatic N) is 3. The predicted octanol–water partition coefficient (Wildman–Crippen LogP) is 3.09. The first-order valence-electron chi connectivity index (χ1n) is 10.2. The van der Waals surface area contributed by atoms with Crippen molar-refractivity contribution in [3.05, 3.63) is 59.7 Å². The molecule has 0 saturated carbocycles. The number of anilines is 1. The van der Waals surface area contributed by atoms with Gasteiger partial charge < -0.3 is 15.0 Å². The molecule has 4 rings (SSSR count). The van der Waals surface area contributed by atoms with Gasteiger partial charge in [-0.3, -0.25) is 9.69 Å². The summed E-state index contributed by atoms with van der Waals surface area (Å²) in [6.45, 7) is 2.10. The number of ether oxygens (including phenoxy) is 1. The summed E-state index contributed by atoms with van der Waals surface area (Å²) >= 11 is 0. The highest BCUT2D eigenvalue weighted by Gasteiger charge is 2.41. The SMILES string of the molecule is COc1ccccc1C1NC(=O)N(CN2CCN(c3cccc(C(F)(F)F)c3)CC2)C1=O. The average Bonchev–Trinajstić information content (AvgIpc) is 3.07. The molecule has 0 aromatic heterocycles. The zero-order valence-corrected chi connectivity index (χ0v) is 17.4. The number of halogens is 3. The first kappa shape index (κ1) is 21.9. The Labute approximate surface area is 183 Å². The van der Waals surface area contributed by atoms with Gasteiger partial charge in [-0.15, -0.1) is 0 Å². The van der Waals surface area contributed by atoms with Crippen molar-refractivity contribution in [2.45, 2.75) is 12.2 Å². The van der Waals surface area contributed by atoms with Crippen LogP contribution in [0.25, 0.3) is 0 Å². The lowest BCUT2D eigenvalue weighted by Gasteiger charge is -2.37. The number of hydrogen-bond acceptors (Lipinski definition) is 5. The van der Waals surface area contributed by atoms with E-state index in [4.69, 9.17) is 4.74 Å². The molecule has 170 valence electrons. The second-order valence-electron chi connectivity index (χ2n) is 7.69. The molecule has 0 spiro atoms. The van der Waals surface area contributed by atoms with Crippen LogP contribution < -0.4 is 15.0 Å². The quantitative estimate of drug-likeness (QED) is 0.713. The monoisotopic (exact) mass is 448 g/mol. The molecule has 7 nitrogen and oxygen atoms in total. The van der Waals surface area contributed by atoms with E-state index in [0.717, 1.165) is 17.0 Å². The number of hydrogen-bond donors (Lipinski definition) is 1. The van der Waals surface area contributed by atoms with Crippen LogP contribution in [0.2, 0.25) is 0 Å². The van der Waals surface area contributed by atoms with Crippen LogP contribution in [0.5, 0.6) is 5.75 Å². The molecule has 0 aliphatic carbocycles. The summed E-state index contributed by atoms with van der Waals surface area (Å²) in [5.74, 6) is 0.155. The fourth-order valence-electron chi connectivity index (χ4n) is 4.00. The number of benzene rings is 2. The Morgan fingerprint density at radius 1 is 1.03 bits per heavy atom. The fourth-order valence-corrected chi connectivity index (χ4v) is 4.00. The molecule has 2 aromatic carbocycles. The van der Waals surface area contributed by atoms with Gasteiger partial charge in [-0.25, -0.2) is 9.69 Å². The van der Waals surface area contributed by atoms with Crippen molar-refractivity contribution in [2.24, 2.45) is 0 Å². The van der Waals surface area contributed by atoms with Crippen LogP contribution in [-0.4, -0.2) is 61.7 Å². The van der Waals surface area contributed by atoms with Gasteiger partial charge in [0.2, 0.25) is 0 Å². The van der Waals surface area contributed by atoms with Gasteiger partial charge in [-0.05, 0) is 24.3 Å². The third-order valence-electron chi connectivity index (χ3n) is 5.73. The smallest absolute Gasteiger partial charge is 0.416 e. The molecule has 0 bridgehead atoms. The van der Waals surface area contributed by atoms with Crippen LogP contribution in [-0.2, 0) is 11.0 Å². The van der Waals surface area contributed by atoms with Gasteiger partial charge in [0.1, 0.15) is 11.8 Å². The highest BCUT2D eigenvalue weighted by molar-refractivity contribution is 6.04. The Bertz CT molecular complexity index is 1010. The number of para-hydroxylation sites is 1. The van der Waals surface area contributed by atoms with Gasteiger partial charge in [0.15, 0.2) is 0 Å². The van der Waals surface area contributed by atoms with Gasteiger partial charge in [0.25, 0.3) is 5.91 Å². The molecule has 2 heterocycles. The second-order valence-corrected chi connectivity index (χ2v) is 7.69. The highest BCUT2D eigenvalue weighted by Crippen LogP contribution is 2.32. The highest BCUT2D eigenvalue weighted by atomic mass is 19.4. The lowest BCUT2D eigenvalue weighted by Crippen LogP contribution is -2.51. The van der Waals surface area contributed by atoms with Crippen molar-refractivity contribution in [1.29, 1.82) is 0 Å². The summed E-state index contributed by atoms with van der Waals surface area (Å²) in [6.07, 6.45) is -4.39. The molecule has 2 aromatic rings. The summed E-state index contributed by atoms with van der Waals surface area (Å²) < 4.78 is 44.3. The van der Waals surface area contributed by atoms with Crippen molar-refractivity contribution in [3.63, 3.8) is 0 Å². The molecule has 1 unspecified atom stereocenters. The summed E-state index contributed by atoms with van der Waals surface area (Å²) in [6, 6.07) is 11.0. The maximum absolute atomic E-state index is 13.0. The number of amides is 3. The number of carbonyl (C=O) groups excluding carboxylic acids is 2. The van der Waals surface area contributed by atoms with Crippen LogP contribution in [0.15, 0.2) is 48.5 Å². The van der Waals surface area contributed by atoms with Crippen LogP contribution in [0, 0.1) is 0 Å². The average molecular weight is 448 g/mol. The molecular formula is C22H23F3N4O3. The Balaban J connectivity index is 1.38. The number of methoxy groups -OCH3 is 1. The Kier molecular flexibility index (Phi) is 5.96. The molecule has 32 heavy (non-hydrogen) atoms. The van der Waals surface area contributed by atoms with Crippen LogP contribution >= 0.6 is 0 Å². The standard InChI is InChI=1S/C22H23F3N4O3/c1-32-18-8-3-2-7-17(18)19-20(30)29(21(31)26-19)14-27-9-11-28(12-10-27)16-6-4-5-15(13-16)22(23,24)25/h2-8,13,19H,9-12,14H2,1H3,(H,26,31). The van der Waals surface area contributed by atoms with E-state index in [9.17, 15) is 22.8 Å². The molecule has 3 amide bonds. The van der Waals surface area contributed by atoms with E-state index in [2.05, 4.69) is 5.32 Å². The van der Waals surface area contributed by atoms with Crippen LogP contribution in [0.1, 0.15) is 17.2 Å². The first-order chi connectivity index (χ1) is 15.3. The molecule has 10 heteroatoms. The van der Waals surface area contributed by atoms with Crippen LogP contribution in [0.3, 0.4) is 0 Å². The molecular weight excluding hydrogens is 425 g/mol. The third-order valence-corrected chi connectivity index (χ3v) is 5.73. The van der Waals surface area contributed by atoms with Gasteiger partial charge >= 0.3 is 12.2 Å². The minimum Gasteiger partial charge on any atom is -0.496 e. The summed E-state index contributed by atoms with van der Waals surface area (Å²) in [5.41, 5.74) is 0.412. The number of carbonyl (C=O) groups is 2. The molecule has 2 saturated heterocycles. The van der Waals surface area contributed by atoms with E-state index in [0.29, 0.717) is 43.2 Å². The van der Waals surface area contributed by atoms with Gasteiger partial charge in [0.05, 0.1) is 19.3 Å². The Morgan fingerprint density at radius 2 is 1.75 bits per heavy atom. The maximum atomic E-state index is 13.0. The largest absolute Gasteiger partial charge is 0.496 e. The maximum Gasteiger partial charge on any atom is 0.416 e. The van der Waals surface area contributed by atoms with Crippen molar-refractivity contribution < 1.29 is 27.5 Å². The minimum atomic E-state index is -4.39. The van der Waals surface area contributed by atoms with E-state index in [1.165, 1.54) is 13.2 Å². The predicted molar refractivity (Wildman–Crippen MR) is 111 cm³/mol. The molecule has 2 aliphatic rings. The first-order valence-corrected chi connectivity index (χ1v) is 10.2. The van der Waals surface area contributed by atoms with E-state index in [1.807, 2.05) is 9.80 Å². The Hall–Kier alpha value is -3.27. The summed E-state index contributed by atoms with van der Waals surface area (Å²) in [5, 5.41) is 2.70. The van der Waals surface area contributed by atoms with E-state index in [1.54, 1.807) is 30.3 Å². The number of rotatable bonds is 5. The number of piperazine rings is 1. The number of urea groups is 1. The van der Waals surface area contributed by atoms with Crippen molar-refractivity contribution in [2.75, 3.05) is 44.9 Å². The van der Waals surface area contributed by atoms with Gasteiger partial charge in [-0.1, -0.05) is 24.3 Å². The lowest BCUT2D eigenvalue weighted by molar-refractivity contribution is -0.137. The molecule has 2 fully saturated rings. The molecule has 1 atom stereocenters. The number of imide groups is 1. The zero-order valence-electron chi connectivity index (χ0n) is 17.4. The van der Waals surface area contributed by atoms with E-state index in [-0.39, 0.29) is 12.6 Å². The second kappa shape index (κ2) is 8.70. The van der Waals surface area contributed by atoms with Crippen LogP contribution in [0.4, 0.5) is 23.7 Å². The van der Waals surface area contributed by atoms with Crippen molar-refractivity contribution >= 4 is 17.6 Å². The van der Waals surface area contributed by atoms with Gasteiger partial charge in [0, 0.05) is 37.4 Å². The molecule has 2 aliphatic heterocycles. The fraction of sp³-hybridized carbons (Fsp3) is 0.364. The minimum absolute atomic E-state index is 0.118. The topological polar surface area (TPSA) is 65.1 Å². The summed E-state index contributed by atoms with van der Waals surface area (Å²) in [4.78, 5) is 30.4. The lowest BCUT2D eigenvalue weighted by atomic mass is 10.1. The van der Waals surface area contributed by atoms with Gasteiger partial charge in [-0.2, -0.15) is 13.2 Å². The van der Waals surface area contributed by atoms with Crippen molar-refractivity contribution in [1.82, 2.24) is 15.1 Å². The Morgan fingerprint density at radius 3 is 2.44 bits per heavy atom. The van der Waals surface area contributed by atoms with E-state index >= 15 is 0 Å². The number of nitrogens with one attached hydrogen (secondary N) is 1. The molecule has 0 radical (unpaired) electrons. The normalized spacial score (nSPS) is 19.9. The zero-order chi connectivity index (χ0) is 22.9.